The van der Waals surface area contributed by atoms with Gasteiger partial charge >= 0.3 is 5.03 Å². The number of hydrogen-bond donors (Lipinski definition) is 0. The lowest BCUT2D eigenvalue weighted by Gasteiger charge is -2.28. The van der Waals surface area contributed by atoms with Gasteiger partial charge in [0.05, 0.1) is 5.52 Å². The van der Waals surface area contributed by atoms with Gasteiger partial charge in [-0.25, -0.2) is 4.98 Å². The van der Waals surface area contributed by atoms with Gasteiger partial charge in [0.1, 0.15) is 16.0 Å². The van der Waals surface area contributed by atoms with E-state index in [0.717, 1.165) is 42.7 Å². The van der Waals surface area contributed by atoms with Crippen molar-refractivity contribution in [1.29, 1.82) is 0 Å². The Morgan fingerprint density at radius 3 is 2.54 bits per heavy atom. The van der Waals surface area contributed by atoms with Crippen LogP contribution in [0.3, 0.4) is 0 Å². The van der Waals surface area contributed by atoms with E-state index >= 15 is 0 Å². The predicted molar refractivity (Wildman–Crippen MR) is 104 cm³/mol. The molecule has 0 aliphatic carbocycles. The van der Waals surface area contributed by atoms with E-state index in [-0.39, 0.29) is 15.6 Å². The molecule has 0 saturated carbocycles. The predicted octanol–water partition coefficient (Wildman–Crippen LogP) is 2.71. The van der Waals surface area contributed by atoms with E-state index in [4.69, 9.17) is 4.98 Å². The van der Waals surface area contributed by atoms with E-state index in [1.54, 1.807) is 0 Å². The largest absolute Gasteiger partial charge is 0.604 e. The Hall–Kier alpha value is -2.91. The highest BCUT2D eigenvalue weighted by Crippen LogP contribution is 2.32. The van der Waals surface area contributed by atoms with E-state index in [1.165, 1.54) is 35.5 Å². The van der Waals surface area contributed by atoms with Gasteiger partial charge in [0.15, 0.2) is 4.90 Å². The molecule has 0 amide bonds. The van der Waals surface area contributed by atoms with Gasteiger partial charge in [0.2, 0.25) is 5.65 Å². The number of benzene rings is 1. The van der Waals surface area contributed by atoms with Gasteiger partial charge in [-0.1, -0.05) is 26.7 Å². The van der Waals surface area contributed by atoms with Crippen molar-refractivity contribution in [2.45, 2.75) is 29.2 Å². The van der Waals surface area contributed by atoms with Crippen molar-refractivity contribution in [3.63, 3.8) is 0 Å². The fourth-order valence-electron chi connectivity index (χ4n) is 3.68. The zero-order chi connectivity index (χ0) is 19.1. The molecule has 1 unspecified atom stereocenters. The van der Waals surface area contributed by atoms with Crippen LogP contribution in [0.5, 0.6) is 0 Å². The maximum Gasteiger partial charge on any atom is 0.317 e. The van der Waals surface area contributed by atoms with Gasteiger partial charge in [-0.15, -0.1) is 0 Å². The van der Waals surface area contributed by atoms with E-state index in [2.05, 4.69) is 20.2 Å². The van der Waals surface area contributed by atoms with Crippen molar-refractivity contribution < 1.29 is 8.76 Å². The Balaban J connectivity index is 1.77. The van der Waals surface area contributed by atoms with Crippen LogP contribution in [-0.4, -0.2) is 42.4 Å². The number of piperidine rings is 1. The molecule has 5 rings (SSSR count). The molecule has 1 aliphatic heterocycles. The Morgan fingerprint density at radius 2 is 1.75 bits per heavy atom. The van der Waals surface area contributed by atoms with E-state index in [1.807, 2.05) is 24.3 Å². The zero-order valence-electron chi connectivity index (χ0n) is 15.1. The summed E-state index contributed by atoms with van der Waals surface area (Å²) in [5, 5.41) is 8.92. The second kappa shape index (κ2) is 6.61. The molecule has 1 atom stereocenters. The fourth-order valence-corrected chi connectivity index (χ4v) is 4.90. The normalized spacial score (nSPS) is 17.1. The van der Waals surface area contributed by atoms with Crippen LogP contribution < -0.4 is 4.90 Å². The maximum absolute atomic E-state index is 13.1. The molecule has 1 saturated heterocycles. The van der Waals surface area contributed by atoms with Crippen LogP contribution >= 0.6 is 0 Å². The van der Waals surface area contributed by atoms with Crippen molar-refractivity contribution in [3.8, 4) is 0 Å². The standard InChI is InChI=1S/C19H18N6O2S/c26-28(27,14-8-10-20-11-9-14)19-18-21-17(24-12-4-1-5-13-24)15-6-2-3-7-16(15)25(18)23-22-19/h2-3,6-11H,1,4-5,12-13H2. The summed E-state index contributed by atoms with van der Waals surface area (Å²) >= 11 is 0. The summed E-state index contributed by atoms with van der Waals surface area (Å²) in [6.45, 7) is 1.81. The molecule has 28 heavy (non-hydrogen) atoms. The molecule has 4 heterocycles. The minimum absolute atomic E-state index is 0.124. The number of aromatic nitrogens is 5. The molecule has 142 valence electrons. The summed E-state index contributed by atoms with van der Waals surface area (Å²) < 4.78 is 27.8. The van der Waals surface area contributed by atoms with E-state index in [0.29, 0.717) is 0 Å². The monoisotopic (exact) mass is 394 g/mol. The van der Waals surface area contributed by atoms with Gasteiger partial charge < -0.3 is 9.45 Å². The Labute approximate surface area is 162 Å². The van der Waals surface area contributed by atoms with Crippen molar-refractivity contribution in [3.05, 3.63) is 48.8 Å². The summed E-state index contributed by atoms with van der Waals surface area (Å²) in [5.41, 5.74) is 1.04. The number of nitrogens with zero attached hydrogens (tertiary/aromatic N) is 6. The van der Waals surface area contributed by atoms with Crippen molar-refractivity contribution in [1.82, 2.24) is 24.8 Å². The molecule has 1 aromatic carbocycles. The molecule has 3 aromatic heterocycles. The molecule has 8 nitrogen and oxygen atoms in total. The second-order valence-electron chi connectivity index (χ2n) is 6.82. The smallest absolute Gasteiger partial charge is 0.317 e. The number of fused-ring (bicyclic) bond motifs is 3. The fraction of sp³-hybridized carbons (Fsp3) is 0.263. The topological polar surface area (TPSA) is 99.3 Å². The van der Waals surface area contributed by atoms with Crippen LogP contribution in [0.2, 0.25) is 0 Å². The molecule has 0 bridgehead atoms. The van der Waals surface area contributed by atoms with Gasteiger partial charge in [0, 0.05) is 43.0 Å². The molecule has 1 aliphatic rings. The summed E-state index contributed by atoms with van der Waals surface area (Å²) in [5.74, 6) is 0.788. The second-order valence-corrected chi connectivity index (χ2v) is 8.68. The quantitative estimate of drug-likeness (QED) is 0.493. The minimum Gasteiger partial charge on any atom is -0.604 e. The third-order valence-corrected chi connectivity index (χ3v) is 6.74. The minimum atomic E-state index is -3.85. The molecule has 1 fully saturated rings. The number of para-hydroxylation sites is 1. The average Bonchev–Trinajstić information content (AvgIpc) is 3.19. The molecule has 9 heteroatoms. The molecule has 0 N–H and O–H groups in total. The first-order valence-corrected chi connectivity index (χ1v) is 10.7. The summed E-state index contributed by atoms with van der Waals surface area (Å²) in [6, 6.07) is 10.7. The third kappa shape index (κ3) is 2.66. The summed E-state index contributed by atoms with van der Waals surface area (Å²) in [7, 11) is -3.85. The van der Waals surface area contributed by atoms with E-state index in [9.17, 15) is 8.76 Å². The maximum atomic E-state index is 13.1. The Kier molecular flexibility index (Phi) is 4.06. The first-order chi connectivity index (χ1) is 13.7. The SMILES string of the molecule is O=[S+]([O-])(c1ccncc1)c1nnn2c1nc(N1CCCCC1)c1ccccc12. The first-order valence-electron chi connectivity index (χ1n) is 9.20. The highest BCUT2D eigenvalue weighted by atomic mass is 32.3. The number of anilines is 1. The molecular weight excluding hydrogens is 376 g/mol. The molecule has 4 aromatic rings. The summed E-state index contributed by atoms with van der Waals surface area (Å²) in [4.78, 5) is 11.0. The van der Waals surface area contributed by atoms with Crippen molar-refractivity contribution >= 4 is 32.6 Å². The van der Waals surface area contributed by atoms with Crippen LogP contribution in [0.4, 0.5) is 5.82 Å². The van der Waals surface area contributed by atoms with Gasteiger partial charge in [-0.2, -0.15) is 4.52 Å². The molecular formula is C19H18N6O2S. The van der Waals surface area contributed by atoms with E-state index < -0.39 is 10.2 Å². The highest BCUT2D eigenvalue weighted by molar-refractivity contribution is 7.97. The van der Waals surface area contributed by atoms with Crippen LogP contribution in [-0.2, 0) is 14.4 Å². The molecule has 0 radical (unpaired) electrons. The Bertz CT molecular complexity index is 1200. The highest BCUT2D eigenvalue weighted by Gasteiger charge is 2.33. The number of sulfone groups is 1. The number of rotatable bonds is 3. The Morgan fingerprint density at radius 1 is 1.00 bits per heavy atom. The van der Waals surface area contributed by atoms with Crippen LogP contribution in [0.25, 0.3) is 16.6 Å². The number of hydrogen-bond acceptors (Lipinski definition) is 7. The number of pyridine rings is 1. The van der Waals surface area contributed by atoms with Crippen molar-refractivity contribution in [2.75, 3.05) is 18.0 Å². The first kappa shape index (κ1) is 17.2. The third-order valence-electron chi connectivity index (χ3n) is 5.07. The zero-order valence-corrected chi connectivity index (χ0v) is 15.9. The lowest BCUT2D eigenvalue weighted by atomic mass is 10.1. The lowest BCUT2D eigenvalue weighted by molar-refractivity contribution is 0.475. The van der Waals surface area contributed by atoms with Crippen LogP contribution in [0.15, 0.2) is 58.7 Å². The average molecular weight is 394 g/mol. The van der Waals surface area contributed by atoms with Gasteiger partial charge in [-0.05, 0) is 31.4 Å². The van der Waals surface area contributed by atoms with Crippen LogP contribution in [0.1, 0.15) is 19.3 Å². The molecule has 0 spiro atoms. The van der Waals surface area contributed by atoms with Gasteiger partial charge in [0.25, 0.3) is 0 Å². The van der Waals surface area contributed by atoms with Gasteiger partial charge in [-0.3, -0.25) is 4.98 Å². The summed E-state index contributed by atoms with van der Waals surface area (Å²) in [6.07, 6.45) is 6.29. The van der Waals surface area contributed by atoms with Crippen molar-refractivity contribution in [2.24, 2.45) is 0 Å². The lowest BCUT2D eigenvalue weighted by Crippen LogP contribution is -2.30. The van der Waals surface area contributed by atoms with Crippen LogP contribution in [0, 0.1) is 0 Å².